The molecule has 2 rings (SSSR count). The zero-order valence-corrected chi connectivity index (χ0v) is 7.30. The molecule has 0 atom stereocenters. The van der Waals surface area contributed by atoms with Crippen molar-refractivity contribution < 1.29 is 13.6 Å². The van der Waals surface area contributed by atoms with Crippen molar-refractivity contribution in [1.82, 2.24) is 0 Å². The minimum Gasteiger partial charge on any atom is -0.486 e. The molecule has 0 bridgehead atoms. The lowest BCUT2D eigenvalue weighted by Crippen LogP contribution is -1.94. The molecule has 0 amide bonds. The summed E-state index contributed by atoms with van der Waals surface area (Å²) in [5.41, 5.74) is 0. The van der Waals surface area contributed by atoms with E-state index in [4.69, 9.17) is 4.74 Å². The van der Waals surface area contributed by atoms with Crippen molar-refractivity contribution in [3.05, 3.63) is 53.0 Å². The molecule has 0 aliphatic heterocycles. The van der Waals surface area contributed by atoms with Crippen molar-refractivity contribution in [3.63, 3.8) is 0 Å². The minimum absolute atomic E-state index is 0.190. The van der Waals surface area contributed by atoms with Crippen molar-refractivity contribution in [2.75, 3.05) is 0 Å². The summed E-state index contributed by atoms with van der Waals surface area (Å²) in [6.07, 6.45) is 1.24. The highest BCUT2D eigenvalue weighted by atomic mass is 16.6. The van der Waals surface area contributed by atoms with Gasteiger partial charge in [-0.25, -0.2) is 4.79 Å². The Labute approximate surface area is 79.7 Å². The van der Waals surface area contributed by atoms with Crippen molar-refractivity contribution >= 4 is 0 Å². The Balaban J connectivity index is 1.98. The van der Waals surface area contributed by atoms with Gasteiger partial charge in [-0.15, -0.1) is 0 Å². The summed E-state index contributed by atoms with van der Waals surface area (Å²) in [5.74, 6) is 0.381. The predicted molar refractivity (Wildman–Crippen MR) is 48.0 cm³/mol. The molecule has 0 aliphatic carbocycles. The van der Waals surface area contributed by atoms with E-state index in [2.05, 4.69) is 8.83 Å². The van der Waals surface area contributed by atoms with Gasteiger partial charge in [0.25, 0.3) is 0 Å². The Hall–Kier alpha value is -1.97. The van der Waals surface area contributed by atoms with E-state index in [-0.39, 0.29) is 6.61 Å². The smallest absolute Gasteiger partial charge is 0.486 e. The van der Waals surface area contributed by atoms with E-state index in [1.807, 2.05) is 30.3 Å². The first-order valence-electron chi connectivity index (χ1n) is 4.10. The van der Waals surface area contributed by atoms with Crippen molar-refractivity contribution in [1.29, 1.82) is 0 Å². The van der Waals surface area contributed by atoms with Crippen LogP contribution >= 0.6 is 0 Å². The molecular weight excluding hydrogens is 184 g/mol. The summed E-state index contributed by atoms with van der Waals surface area (Å²) in [4.78, 5) is 10.5. The van der Waals surface area contributed by atoms with Gasteiger partial charge in [-0.2, -0.15) is 0 Å². The normalized spacial score (nSPS) is 10.0. The molecule has 1 aromatic carbocycles. The van der Waals surface area contributed by atoms with E-state index in [0.29, 0.717) is 5.76 Å². The second kappa shape index (κ2) is 3.83. The summed E-state index contributed by atoms with van der Waals surface area (Å²) in [5, 5.41) is 0. The Morgan fingerprint density at radius 2 is 2.00 bits per heavy atom. The maximum atomic E-state index is 10.5. The number of para-hydroxylation sites is 1. The number of ether oxygens (including phenoxy) is 1. The number of hydrogen-bond donors (Lipinski definition) is 0. The fourth-order valence-corrected chi connectivity index (χ4v) is 1.00. The van der Waals surface area contributed by atoms with E-state index < -0.39 is 5.82 Å². The van der Waals surface area contributed by atoms with Crippen LogP contribution in [-0.4, -0.2) is 0 Å². The van der Waals surface area contributed by atoms with Crippen LogP contribution in [0, 0.1) is 0 Å². The highest BCUT2D eigenvalue weighted by Gasteiger charge is 2.01. The first kappa shape index (κ1) is 8.62. The van der Waals surface area contributed by atoms with Crippen molar-refractivity contribution in [2.24, 2.45) is 0 Å². The quantitative estimate of drug-likeness (QED) is 0.744. The highest BCUT2D eigenvalue weighted by molar-refractivity contribution is 5.20. The van der Waals surface area contributed by atoms with Crippen molar-refractivity contribution in [3.8, 4) is 5.75 Å². The molecule has 1 aromatic heterocycles. The molecule has 0 unspecified atom stereocenters. The summed E-state index contributed by atoms with van der Waals surface area (Å²) in [6.45, 7) is 0.190. The van der Waals surface area contributed by atoms with Gasteiger partial charge in [0, 0.05) is 0 Å². The molecule has 0 spiro atoms. The standard InChI is InChI=1S/C10H8O4/c11-10-13-7-9(14-10)6-12-8-4-2-1-3-5-8/h1-5,7H,6H2. The third kappa shape index (κ3) is 2.04. The zero-order chi connectivity index (χ0) is 9.80. The minimum atomic E-state index is -0.711. The van der Waals surface area contributed by atoms with Gasteiger partial charge in [0.15, 0.2) is 5.76 Å². The maximum absolute atomic E-state index is 10.5. The molecule has 0 fully saturated rings. The van der Waals surface area contributed by atoms with Crippen LogP contribution in [0.5, 0.6) is 5.75 Å². The second-order valence-corrected chi connectivity index (χ2v) is 2.66. The van der Waals surface area contributed by atoms with Gasteiger partial charge in [0.05, 0.1) is 0 Å². The first-order chi connectivity index (χ1) is 6.84. The van der Waals surface area contributed by atoms with E-state index in [9.17, 15) is 4.79 Å². The Kier molecular flexibility index (Phi) is 2.36. The molecule has 4 heteroatoms. The molecular formula is C10H8O4. The second-order valence-electron chi connectivity index (χ2n) is 2.66. The fourth-order valence-electron chi connectivity index (χ4n) is 1.00. The van der Waals surface area contributed by atoms with Gasteiger partial charge in [-0.1, -0.05) is 18.2 Å². The summed E-state index contributed by atoms with van der Waals surface area (Å²) >= 11 is 0. The molecule has 0 aliphatic rings. The van der Waals surface area contributed by atoms with Gasteiger partial charge in [0.1, 0.15) is 18.6 Å². The zero-order valence-electron chi connectivity index (χ0n) is 7.30. The maximum Gasteiger partial charge on any atom is 0.518 e. The van der Waals surface area contributed by atoms with Crippen LogP contribution in [0.2, 0.25) is 0 Å². The fraction of sp³-hybridized carbons (Fsp3) is 0.100. The van der Waals surface area contributed by atoms with Crippen LogP contribution in [0.3, 0.4) is 0 Å². The highest BCUT2D eigenvalue weighted by Crippen LogP contribution is 2.10. The Morgan fingerprint density at radius 1 is 1.21 bits per heavy atom. The van der Waals surface area contributed by atoms with E-state index in [0.717, 1.165) is 5.75 Å². The molecule has 2 aromatic rings. The van der Waals surface area contributed by atoms with Gasteiger partial charge >= 0.3 is 5.82 Å². The van der Waals surface area contributed by atoms with Crippen LogP contribution < -0.4 is 10.6 Å². The molecule has 4 nitrogen and oxygen atoms in total. The van der Waals surface area contributed by atoms with Crippen molar-refractivity contribution in [2.45, 2.75) is 6.61 Å². The molecule has 1 heterocycles. The molecule has 0 saturated carbocycles. The lowest BCUT2D eigenvalue weighted by Gasteiger charge is -2.01. The monoisotopic (exact) mass is 192 g/mol. The molecule has 72 valence electrons. The van der Waals surface area contributed by atoms with Crippen LogP contribution in [-0.2, 0) is 6.61 Å². The summed E-state index contributed by atoms with van der Waals surface area (Å²) in [7, 11) is 0. The van der Waals surface area contributed by atoms with Gasteiger partial charge in [0.2, 0.25) is 0 Å². The SMILES string of the molecule is O=c1occ(COc2ccccc2)o1. The average Bonchev–Trinajstić information content (AvgIpc) is 2.63. The topological polar surface area (TPSA) is 52.6 Å². The third-order valence-electron chi connectivity index (χ3n) is 1.63. The van der Waals surface area contributed by atoms with Crippen LogP contribution in [0.1, 0.15) is 5.76 Å². The molecule has 14 heavy (non-hydrogen) atoms. The number of hydrogen-bond acceptors (Lipinski definition) is 4. The van der Waals surface area contributed by atoms with Gasteiger partial charge in [-0.05, 0) is 12.1 Å². The Morgan fingerprint density at radius 3 is 2.64 bits per heavy atom. The average molecular weight is 192 g/mol. The molecule has 0 radical (unpaired) electrons. The summed E-state index contributed by atoms with van der Waals surface area (Å²) < 4.78 is 14.4. The summed E-state index contributed by atoms with van der Waals surface area (Å²) in [6, 6.07) is 9.25. The van der Waals surface area contributed by atoms with Gasteiger partial charge < -0.3 is 13.6 Å². The lowest BCUT2D eigenvalue weighted by atomic mass is 10.3. The number of rotatable bonds is 3. The van der Waals surface area contributed by atoms with E-state index in [1.165, 1.54) is 6.26 Å². The first-order valence-corrected chi connectivity index (χ1v) is 4.10. The molecule has 0 saturated heterocycles. The van der Waals surface area contributed by atoms with Crippen LogP contribution in [0.15, 0.2) is 50.2 Å². The van der Waals surface area contributed by atoms with Crippen LogP contribution in [0.4, 0.5) is 0 Å². The van der Waals surface area contributed by atoms with E-state index >= 15 is 0 Å². The number of benzene rings is 1. The van der Waals surface area contributed by atoms with Crippen LogP contribution in [0.25, 0.3) is 0 Å². The predicted octanol–water partition coefficient (Wildman–Crippen LogP) is 1.81. The third-order valence-corrected chi connectivity index (χ3v) is 1.63. The Bertz CT molecular complexity index is 440. The van der Waals surface area contributed by atoms with E-state index in [1.54, 1.807) is 0 Å². The largest absolute Gasteiger partial charge is 0.518 e. The van der Waals surface area contributed by atoms with Gasteiger partial charge in [-0.3, -0.25) is 0 Å². The molecule has 0 N–H and O–H groups in total. The lowest BCUT2D eigenvalue weighted by molar-refractivity contribution is 0.262.